The number of hydrogen-bond acceptors (Lipinski definition) is 7. The molecule has 3 fully saturated rings. The quantitative estimate of drug-likeness (QED) is 0.779. The van der Waals surface area contributed by atoms with Gasteiger partial charge in [-0.05, 0) is 19.4 Å². The number of ether oxygens (including phenoxy) is 6. The van der Waals surface area contributed by atoms with Crippen LogP contribution in [0, 0.1) is 0 Å². The average Bonchev–Trinajstić information content (AvgIpc) is 3.18. The van der Waals surface area contributed by atoms with E-state index >= 15 is 0 Å². The zero-order valence-corrected chi connectivity index (χ0v) is 13.5. The molecule has 24 heavy (non-hydrogen) atoms. The summed E-state index contributed by atoms with van der Waals surface area (Å²) in [6.45, 7) is 4.20. The molecule has 3 heterocycles. The predicted octanol–water partition coefficient (Wildman–Crippen LogP) is 1.98. The second kappa shape index (κ2) is 6.00. The molecule has 0 aromatic heterocycles. The Bertz CT molecular complexity index is 602. The number of benzene rings is 1. The molecule has 0 aliphatic carbocycles. The van der Waals surface area contributed by atoms with Crippen molar-refractivity contribution in [2.24, 2.45) is 0 Å². The Labute approximate surface area is 139 Å². The van der Waals surface area contributed by atoms with Gasteiger partial charge in [0.15, 0.2) is 18.2 Å². The lowest BCUT2D eigenvalue weighted by molar-refractivity contribution is -0.228. The molecular formula is C17H20O7. The fourth-order valence-corrected chi connectivity index (χ4v) is 3.26. The predicted molar refractivity (Wildman–Crippen MR) is 79.9 cm³/mol. The summed E-state index contributed by atoms with van der Waals surface area (Å²) in [5, 5.41) is 0. The van der Waals surface area contributed by atoms with Gasteiger partial charge in [0.25, 0.3) is 0 Å². The van der Waals surface area contributed by atoms with Crippen LogP contribution < -0.4 is 0 Å². The molecule has 3 aliphatic rings. The standard InChI is InChI=1S/C17H20O7/c1-17(2)23-14-13(19-8-10-6-4-3-5-7-10)12(22-15(14)24-17)11-9-20-16(18)21-11/h3-7,11-15H,8-9H2,1-2H3. The van der Waals surface area contributed by atoms with E-state index in [2.05, 4.69) is 0 Å². The number of rotatable bonds is 4. The minimum atomic E-state index is -0.739. The third kappa shape index (κ3) is 3.00. The van der Waals surface area contributed by atoms with E-state index in [1.54, 1.807) is 0 Å². The maximum absolute atomic E-state index is 11.2. The topological polar surface area (TPSA) is 72.5 Å². The molecule has 0 spiro atoms. The number of cyclic esters (lactones) is 2. The summed E-state index contributed by atoms with van der Waals surface area (Å²) in [6, 6.07) is 9.82. The first-order chi connectivity index (χ1) is 11.5. The number of fused-ring (bicyclic) bond motifs is 1. The molecule has 0 saturated carbocycles. The van der Waals surface area contributed by atoms with Crippen molar-refractivity contribution in [1.29, 1.82) is 0 Å². The van der Waals surface area contributed by atoms with E-state index in [0.29, 0.717) is 6.61 Å². The maximum Gasteiger partial charge on any atom is 0.508 e. The van der Waals surface area contributed by atoms with E-state index in [-0.39, 0.29) is 12.7 Å². The zero-order chi connectivity index (χ0) is 16.7. The van der Waals surface area contributed by atoms with Crippen LogP contribution >= 0.6 is 0 Å². The summed E-state index contributed by atoms with van der Waals surface area (Å²) in [7, 11) is 0. The van der Waals surface area contributed by atoms with Crippen LogP contribution in [0.5, 0.6) is 0 Å². The molecule has 3 aliphatic heterocycles. The third-order valence-corrected chi connectivity index (χ3v) is 4.29. The highest BCUT2D eigenvalue weighted by Gasteiger charge is 2.58. The number of hydrogen-bond donors (Lipinski definition) is 0. The van der Waals surface area contributed by atoms with Gasteiger partial charge in [-0.15, -0.1) is 0 Å². The van der Waals surface area contributed by atoms with Gasteiger partial charge in [-0.2, -0.15) is 0 Å². The van der Waals surface area contributed by atoms with Crippen molar-refractivity contribution in [3.63, 3.8) is 0 Å². The van der Waals surface area contributed by atoms with Crippen molar-refractivity contribution < 1.29 is 33.2 Å². The summed E-state index contributed by atoms with van der Waals surface area (Å²) >= 11 is 0. The van der Waals surface area contributed by atoms with E-state index in [9.17, 15) is 4.79 Å². The Hall–Kier alpha value is -1.67. The second-order valence-corrected chi connectivity index (χ2v) is 6.55. The summed E-state index contributed by atoms with van der Waals surface area (Å²) < 4.78 is 33.7. The van der Waals surface area contributed by atoms with Gasteiger partial charge in [-0.1, -0.05) is 30.3 Å². The fraction of sp³-hybridized carbons (Fsp3) is 0.588. The van der Waals surface area contributed by atoms with E-state index in [4.69, 9.17) is 28.4 Å². The largest absolute Gasteiger partial charge is 0.508 e. The number of carbonyl (C=O) groups excluding carboxylic acids is 1. The highest BCUT2D eigenvalue weighted by atomic mass is 16.8. The fourth-order valence-electron chi connectivity index (χ4n) is 3.26. The molecule has 7 nitrogen and oxygen atoms in total. The Morgan fingerprint density at radius 3 is 2.67 bits per heavy atom. The zero-order valence-electron chi connectivity index (χ0n) is 13.5. The molecule has 7 heteroatoms. The van der Waals surface area contributed by atoms with Gasteiger partial charge in [0.2, 0.25) is 0 Å². The molecule has 3 saturated heterocycles. The van der Waals surface area contributed by atoms with Gasteiger partial charge in [-0.25, -0.2) is 4.79 Å². The summed E-state index contributed by atoms with van der Waals surface area (Å²) in [4.78, 5) is 11.2. The Morgan fingerprint density at radius 1 is 1.17 bits per heavy atom. The minimum Gasteiger partial charge on any atom is -0.430 e. The first kappa shape index (κ1) is 15.8. The molecule has 0 radical (unpaired) electrons. The van der Waals surface area contributed by atoms with Crippen LogP contribution in [0.25, 0.3) is 0 Å². The molecular weight excluding hydrogens is 316 g/mol. The molecule has 130 valence electrons. The first-order valence-corrected chi connectivity index (χ1v) is 8.02. The van der Waals surface area contributed by atoms with Crippen LogP contribution in [-0.2, 0) is 35.0 Å². The van der Waals surface area contributed by atoms with Crippen LogP contribution in [0.4, 0.5) is 4.79 Å². The molecule has 5 atom stereocenters. The van der Waals surface area contributed by atoms with Crippen LogP contribution in [0.3, 0.4) is 0 Å². The Morgan fingerprint density at radius 2 is 1.96 bits per heavy atom. The smallest absolute Gasteiger partial charge is 0.430 e. The van der Waals surface area contributed by atoms with E-state index < -0.39 is 36.5 Å². The van der Waals surface area contributed by atoms with Crippen molar-refractivity contribution in [3.05, 3.63) is 35.9 Å². The van der Waals surface area contributed by atoms with Crippen molar-refractivity contribution >= 4 is 6.16 Å². The molecule has 4 rings (SSSR count). The number of carbonyl (C=O) groups is 1. The highest BCUT2D eigenvalue weighted by molar-refractivity contribution is 5.62. The first-order valence-electron chi connectivity index (χ1n) is 8.02. The van der Waals surface area contributed by atoms with E-state index in [0.717, 1.165) is 5.56 Å². The van der Waals surface area contributed by atoms with Gasteiger partial charge in [0, 0.05) is 0 Å². The summed E-state index contributed by atoms with van der Waals surface area (Å²) in [5.74, 6) is -0.739. The van der Waals surface area contributed by atoms with Gasteiger partial charge in [-0.3, -0.25) is 0 Å². The average molecular weight is 336 g/mol. The molecule has 1 aromatic carbocycles. The van der Waals surface area contributed by atoms with Crippen molar-refractivity contribution in [1.82, 2.24) is 0 Å². The molecule has 0 amide bonds. The molecule has 0 N–H and O–H groups in total. The Balaban J connectivity index is 1.50. The normalized spacial score (nSPS) is 37.1. The lowest BCUT2D eigenvalue weighted by atomic mass is 10.1. The van der Waals surface area contributed by atoms with E-state index in [1.165, 1.54) is 0 Å². The second-order valence-electron chi connectivity index (χ2n) is 6.55. The lowest BCUT2D eigenvalue weighted by Crippen LogP contribution is -2.43. The summed E-state index contributed by atoms with van der Waals surface area (Å²) in [6.07, 6.45) is -3.07. The van der Waals surface area contributed by atoms with Gasteiger partial charge in [0.1, 0.15) is 24.9 Å². The third-order valence-electron chi connectivity index (χ3n) is 4.29. The van der Waals surface area contributed by atoms with Crippen LogP contribution in [0.2, 0.25) is 0 Å². The van der Waals surface area contributed by atoms with Crippen LogP contribution in [0.1, 0.15) is 19.4 Å². The monoisotopic (exact) mass is 336 g/mol. The SMILES string of the molecule is CC1(C)OC2OC(C3COC(=O)O3)C(OCc3ccccc3)C2O1. The molecule has 5 unspecified atom stereocenters. The molecule has 0 bridgehead atoms. The Kier molecular flexibility index (Phi) is 3.96. The van der Waals surface area contributed by atoms with Crippen LogP contribution in [0.15, 0.2) is 30.3 Å². The molecule has 1 aromatic rings. The maximum atomic E-state index is 11.2. The lowest BCUT2D eigenvalue weighted by Gasteiger charge is -2.27. The van der Waals surface area contributed by atoms with E-state index in [1.807, 2.05) is 44.2 Å². The van der Waals surface area contributed by atoms with Gasteiger partial charge >= 0.3 is 6.16 Å². The minimum absolute atomic E-state index is 0.136. The summed E-state index contributed by atoms with van der Waals surface area (Å²) in [5.41, 5.74) is 1.04. The van der Waals surface area contributed by atoms with Crippen molar-refractivity contribution in [2.45, 2.75) is 56.9 Å². The van der Waals surface area contributed by atoms with Crippen molar-refractivity contribution in [3.8, 4) is 0 Å². The van der Waals surface area contributed by atoms with Gasteiger partial charge in [0.05, 0.1) is 6.61 Å². The highest BCUT2D eigenvalue weighted by Crippen LogP contribution is 2.41. The van der Waals surface area contributed by atoms with Gasteiger partial charge < -0.3 is 28.4 Å². The van der Waals surface area contributed by atoms with Crippen LogP contribution in [-0.4, -0.2) is 49.3 Å². The van der Waals surface area contributed by atoms with Crippen molar-refractivity contribution in [2.75, 3.05) is 6.61 Å².